The van der Waals surface area contributed by atoms with Crippen molar-refractivity contribution < 1.29 is 4.74 Å². The van der Waals surface area contributed by atoms with Gasteiger partial charge < -0.3 is 10.1 Å². The van der Waals surface area contributed by atoms with Crippen molar-refractivity contribution in [2.75, 3.05) is 6.54 Å². The summed E-state index contributed by atoms with van der Waals surface area (Å²) in [5.74, 6) is 1.10. The molecular formula is C14H14Cl2N2O. The van der Waals surface area contributed by atoms with E-state index < -0.39 is 0 Å². The maximum Gasteiger partial charge on any atom is 0.219 e. The number of nitrogens with one attached hydrogen (secondary N) is 1. The van der Waals surface area contributed by atoms with Gasteiger partial charge >= 0.3 is 0 Å². The first-order valence-electron chi connectivity index (χ1n) is 5.98. The molecule has 0 aliphatic carbocycles. The summed E-state index contributed by atoms with van der Waals surface area (Å²) >= 11 is 11.8. The third-order valence-electron chi connectivity index (χ3n) is 2.40. The van der Waals surface area contributed by atoms with E-state index in [0.29, 0.717) is 28.2 Å². The second-order valence-electron chi connectivity index (χ2n) is 3.95. The number of nitrogens with zero attached hydrogens (tertiary/aromatic N) is 1. The van der Waals surface area contributed by atoms with Gasteiger partial charge in [0.2, 0.25) is 5.88 Å². The van der Waals surface area contributed by atoms with Gasteiger partial charge in [-0.15, -0.1) is 0 Å². The Bertz CT molecular complexity index is 541. The van der Waals surface area contributed by atoms with E-state index in [-0.39, 0.29) is 0 Å². The lowest BCUT2D eigenvalue weighted by Crippen LogP contribution is -2.12. The molecule has 100 valence electrons. The van der Waals surface area contributed by atoms with Crippen molar-refractivity contribution >= 4 is 23.2 Å². The van der Waals surface area contributed by atoms with Crippen LogP contribution in [0, 0.1) is 0 Å². The molecule has 0 fully saturated rings. The van der Waals surface area contributed by atoms with E-state index in [1.54, 1.807) is 24.3 Å². The largest absolute Gasteiger partial charge is 0.439 e. The highest BCUT2D eigenvalue weighted by Crippen LogP contribution is 2.27. The third-order valence-corrected chi connectivity index (χ3v) is 2.83. The summed E-state index contributed by atoms with van der Waals surface area (Å²) in [7, 11) is 0. The zero-order valence-corrected chi connectivity index (χ0v) is 12.0. The summed E-state index contributed by atoms with van der Waals surface area (Å²) < 4.78 is 5.65. The summed E-state index contributed by atoms with van der Waals surface area (Å²) in [6, 6.07) is 10.7. The average molecular weight is 297 g/mol. The van der Waals surface area contributed by atoms with Crippen LogP contribution in [0.1, 0.15) is 12.6 Å². The Morgan fingerprint density at radius 3 is 2.58 bits per heavy atom. The zero-order valence-electron chi connectivity index (χ0n) is 10.5. The van der Waals surface area contributed by atoms with Gasteiger partial charge in [0.25, 0.3) is 0 Å². The average Bonchev–Trinajstić information content (AvgIpc) is 2.35. The number of aromatic nitrogens is 1. The first-order chi connectivity index (χ1) is 9.17. The van der Waals surface area contributed by atoms with Gasteiger partial charge in [-0.2, -0.15) is 0 Å². The number of rotatable bonds is 5. The second-order valence-corrected chi connectivity index (χ2v) is 4.83. The molecule has 0 saturated heterocycles. The molecule has 0 amide bonds. The molecule has 0 unspecified atom stereocenters. The first-order valence-corrected chi connectivity index (χ1v) is 6.73. The zero-order chi connectivity index (χ0) is 13.7. The molecule has 1 aromatic heterocycles. The Labute approximate surface area is 122 Å². The van der Waals surface area contributed by atoms with Crippen LogP contribution in [0.3, 0.4) is 0 Å². The topological polar surface area (TPSA) is 34.1 Å². The smallest absolute Gasteiger partial charge is 0.219 e. The van der Waals surface area contributed by atoms with Gasteiger partial charge in [0.05, 0.1) is 5.69 Å². The number of pyridine rings is 1. The molecule has 0 atom stereocenters. The maximum atomic E-state index is 5.92. The van der Waals surface area contributed by atoms with Crippen molar-refractivity contribution in [1.29, 1.82) is 0 Å². The highest BCUT2D eigenvalue weighted by atomic mass is 35.5. The number of benzene rings is 1. The van der Waals surface area contributed by atoms with Gasteiger partial charge in [0.15, 0.2) is 0 Å². The molecule has 0 saturated carbocycles. The van der Waals surface area contributed by atoms with Crippen molar-refractivity contribution in [3.05, 3.63) is 52.1 Å². The minimum Gasteiger partial charge on any atom is -0.439 e. The molecule has 1 N–H and O–H groups in total. The fourth-order valence-corrected chi connectivity index (χ4v) is 2.08. The van der Waals surface area contributed by atoms with Crippen LogP contribution in [-0.2, 0) is 6.54 Å². The molecule has 1 heterocycles. The summed E-state index contributed by atoms with van der Waals surface area (Å²) in [6.45, 7) is 3.66. The molecule has 0 radical (unpaired) electrons. The minimum absolute atomic E-state index is 0.522. The van der Waals surface area contributed by atoms with Crippen LogP contribution in [0.2, 0.25) is 10.0 Å². The highest BCUT2D eigenvalue weighted by Gasteiger charge is 2.03. The summed E-state index contributed by atoms with van der Waals surface area (Å²) in [6.07, 6.45) is 0. The maximum absolute atomic E-state index is 5.92. The van der Waals surface area contributed by atoms with Crippen LogP contribution in [0.15, 0.2) is 36.4 Å². The van der Waals surface area contributed by atoms with Crippen LogP contribution < -0.4 is 10.1 Å². The predicted molar refractivity (Wildman–Crippen MR) is 78.2 cm³/mol. The molecule has 3 nitrogen and oxygen atoms in total. The Morgan fingerprint density at radius 1 is 1.16 bits per heavy atom. The highest BCUT2D eigenvalue weighted by molar-refractivity contribution is 6.34. The lowest BCUT2D eigenvalue weighted by atomic mass is 10.3. The van der Waals surface area contributed by atoms with E-state index in [0.717, 1.165) is 12.2 Å². The predicted octanol–water partition coefficient (Wildman–Crippen LogP) is 4.29. The Hall–Kier alpha value is -1.29. The lowest BCUT2D eigenvalue weighted by molar-refractivity contribution is 0.460. The second kappa shape index (κ2) is 6.75. The first kappa shape index (κ1) is 14.1. The molecule has 2 rings (SSSR count). The molecule has 2 aromatic rings. The van der Waals surface area contributed by atoms with E-state index in [2.05, 4.69) is 10.3 Å². The minimum atomic E-state index is 0.522. The normalized spacial score (nSPS) is 10.5. The van der Waals surface area contributed by atoms with Crippen LogP contribution >= 0.6 is 23.2 Å². The molecule has 5 heteroatoms. The molecule has 19 heavy (non-hydrogen) atoms. The van der Waals surface area contributed by atoms with Gasteiger partial charge in [0.1, 0.15) is 5.75 Å². The van der Waals surface area contributed by atoms with Crippen LogP contribution in [0.5, 0.6) is 11.6 Å². The van der Waals surface area contributed by atoms with E-state index in [9.17, 15) is 0 Å². The standard InChI is InChI=1S/C14H14Cl2N2O/c1-2-17-9-12-4-3-5-14(18-12)19-13-7-10(15)6-11(16)8-13/h3-8,17H,2,9H2,1H3. The Morgan fingerprint density at radius 2 is 1.89 bits per heavy atom. The van der Waals surface area contributed by atoms with E-state index in [4.69, 9.17) is 27.9 Å². The van der Waals surface area contributed by atoms with Crippen molar-refractivity contribution in [1.82, 2.24) is 10.3 Å². The van der Waals surface area contributed by atoms with Gasteiger partial charge in [-0.05, 0) is 30.8 Å². The van der Waals surface area contributed by atoms with Crippen LogP contribution in [-0.4, -0.2) is 11.5 Å². The van der Waals surface area contributed by atoms with Gasteiger partial charge in [-0.25, -0.2) is 4.98 Å². The summed E-state index contributed by atoms with van der Waals surface area (Å²) in [5, 5.41) is 4.28. The third kappa shape index (κ3) is 4.39. The van der Waals surface area contributed by atoms with Gasteiger partial charge in [-0.1, -0.05) is 36.2 Å². The fraction of sp³-hybridized carbons (Fsp3) is 0.214. The number of ether oxygens (including phenoxy) is 1. The van der Waals surface area contributed by atoms with E-state index >= 15 is 0 Å². The molecular weight excluding hydrogens is 283 g/mol. The van der Waals surface area contributed by atoms with Crippen LogP contribution in [0.4, 0.5) is 0 Å². The fourth-order valence-electron chi connectivity index (χ4n) is 1.57. The SMILES string of the molecule is CCNCc1cccc(Oc2cc(Cl)cc(Cl)c2)n1. The van der Waals surface area contributed by atoms with Crippen molar-refractivity contribution in [2.45, 2.75) is 13.5 Å². The monoisotopic (exact) mass is 296 g/mol. The van der Waals surface area contributed by atoms with Crippen molar-refractivity contribution in [3.63, 3.8) is 0 Å². The summed E-state index contributed by atoms with van der Waals surface area (Å²) in [5.41, 5.74) is 0.924. The van der Waals surface area contributed by atoms with Gasteiger partial charge in [-0.3, -0.25) is 0 Å². The lowest BCUT2D eigenvalue weighted by Gasteiger charge is -2.07. The molecule has 0 aliphatic rings. The molecule has 0 bridgehead atoms. The Balaban J connectivity index is 2.13. The molecule has 0 spiro atoms. The Kier molecular flexibility index (Phi) is 5.02. The number of hydrogen-bond acceptors (Lipinski definition) is 3. The van der Waals surface area contributed by atoms with Crippen molar-refractivity contribution in [3.8, 4) is 11.6 Å². The quantitative estimate of drug-likeness (QED) is 0.894. The van der Waals surface area contributed by atoms with Gasteiger partial charge in [0, 0.05) is 22.7 Å². The molecule has 1 aromatic carbocycles. The van der Waals surface area contributed by atoms with E-state index in [1.807, 2.05) is 19.1 Å². The number of halogens is 2. The van der Waals surface area contributed by atoms with E-state index in [1.165, 1.54) is 0 Å². The van der Waals surface area contributed by atoms with Crippen molar-refractivity contribution in [2.24, 2.45) is 0 Å². The summed E-state index contributed by atoms with van der Waals surface area (Å²) in [4.78, 5) is 4.39. The van der Waals surface area contributed by atoms with Crippen LogP contribution in [0.25, 0.3) is 0 Å². The molecule has 0 aliphatic heterocycles. The number of hydrogen-bond donors (Lipinski definition) is 1.